The number of sulfone groups is 1. The van der Waals surface area contributed by atoms with E-state index in [0.29, 0.717) is 0 Å². The maximum atomic E-state index is 13.2. The minimum atomic E-state index is -3.32. The molecule has 0 saturated carbocycles. The van der Waals surface area contributed by atoms with Crippen molar-refractivity contribution in [2.75, 3.05) is 6.26 Å². The largest absolute Gasteiger partial charge is 0.229 e. The van der Waals surface area contributed by atoms with Crippen molar-refractivity contribution in [3.63, 3.8) is 0 Å². The van der Waals surface area contributed by atoms with E-state index in [2.05, 4.69) is 4.98 Å². The van der Waals surface area contributed by atoms with Crippen LogP contribution in [0.3, 0.4) is 0 Å². The normalized spacial score (nSPS) is 11.7. The van der Waals surface area contributed by atoms with Crippen LogP contribution in [0.1, 0.15) is 5.56 Å². The average Bonchev–Trinajstić information content (AvgIpc) is 1.96. The molecule has 1 rings (SSSR count). The van der Waals surface area contributed by atoms with Crippen LogP contribution in [0.5, 0.6) is 0 Å². The van der Waals surface area contributed by atoms with E-state index in [1.54, 1.807) is 0 Å². The summed E-state index contributed by atoms with van der Waals surface area (Å²) in [4.78, 5) is 3.42. The second-order valence-electron chi connectivity index (χ2n) is 2.78. The summed E-state index contributed by atoms with van der Waals surface area (Å²) in [5.41, 5.74) is -0.0718. The standard InChI is InChI=1S/C7H6Cl2FNO2S/c1-14(12,13)3-4-2-5(8)11-7(9)6(4)10/h2H,3H2,1H3. The van der Waals surface area contributed by atoms with Gasteiger partial charge in [0.15, 0.2) is 20.8 Å². The molecule has 0 bridgehead atoms. The molecular weight excluding hydrogens is 252 g/mol. The molecule has 0 radical (unpaired) electrons. The number of hydrogen-bond acceptors (Lipinski definition) is 3. The summed E-state index contributed by atoms with van der Waals surface area (Å²) in [6.07, 6.45) is 0.995. The molecule has 0 spiro atoms. The zero-order valence-electron chi connectivity index (χ0n) is 7.09. The molecule has 0 aliphatic heterocycles. The molecule has 0 aliphatic rings. The Hall–Kier alpha value is -0.390. The Labute approximate surface area is 90.8 Å². The molecule has 14 heavy (non-hydrogen) atoms. The molecule has 1 aromatic heterocycles. The molecule has 7 heteroatoms. The Morgan fingerprint density at radius 2 is 2.07 bits per heavy atom. The SMILES string of the molecule is CS(=O)(=O)Cc1cc(Cl)nc(Cl)c1F. The molecule has 78 valence electrons. The van der Waals surface area contributed by atoms with Crippen LogP contribution in [0, 0.1) is 5.82 Å². The maximum Gasteiger partial charge on any atom is 0.166 e. The van der Waals surface area contributed by atoms with Gasteiger partial charge in [0.05, 0.1) is 5.75 Å². The smallest absolute Gasteiger partial charge is 0.166 e. The van der Waals surface area contributed by atoms with Crippen LogP contribution in [-0.4, -0.2) is 19.7 Å². The summed E-state index contributed by atoms with van der Waals surface area (Å²) in [7, 11) is -3.32. The third-order valence-corrected chi connectivity index (χ3v) is 2.66. The Morgan fingerprint density at radius 1 is 1.50 bits per heavy atom. The molecule has 0 unspecified atom stereocenters. The number of nitrogens with zero attached hydrogens (tertiary/aromatic N) is 1. The lowest BCUT2D eigenvalue weighted by Crippen LogP contribution is -2.04. The molecule has 0 fully saturated rings. The molecule has 0 atom stereocenters. The summed E-state index contributed by atoms with van der Waals surface area (Å²) < 4.78 is 35.0. The van der Waals surface area contributed by atoms with Gasteiger partial charge in [-0.05, 0) is 6.07 Å². The topological polar surface area (TPSA) is 47.0 Å². The molecule has 1 heterocycles. The van der Waals surface area contributed by atoms with E-state index >= 15 is 0 Å². The summed E-state index contributed by atoms with van der Waals surface area (Å²) >= 11 is 10.9. The van der Waals surface area contributed by atoms with Gasteiger partial charge >= 0.3 is 0 Å². The van der Waals surface area contributed by atoms with Gasteiger partial charge in [-0.15, -0.1) is 0 Å². The minimum absolute atomic E-state index is 0.0324. The first-order valence-corrected chi connectivity index (χ1v) is 6.29. The van der Waals surface area contributed by atoms with Crippen molar-refractivity contribution in [2.24, 2.45) is 0 Å². The Balaban J connectivity index is 3.22. The van der Waals surface area contributed by atoms with Gasteiger partial charge in [-0.25, -0.2) is 17.8 Å². The Morgan fingerprint density at radius 3 is 2.57 bits per heavy atom. The molecule has 3 nitrogen and oxygen atoms in total. The first-order valence-electron chi connectivity index (χ1n) is 3.48. The van der Waals surface area contributed by atoms with Gasteiger partial charge in [-0.1, -0.05) is 23.2 Å². The van der Waals surface area contributed by atoms with Crippen LogP contribution in [-0.2, 0) is 15.6 Å². The molecule has 0 saturated heterocycles. The predicted molar refractivity (Wildman–Crippen MR) is 52.8 cm³/mol. The van der Waals surface area contributed by atoms with E-state index in [4.69, 9.17) is 23.2 Å². The number of hydrogen-bond donors (Lipinski definition) is 0. The zero-order chi connectivity index (χ0) is 10.9. The maximum absolute atomic E-state index is 13.2. The molecule has 0 aliphatic carbocycles. The van der Waals surface area contributed by atoms with Crippen LogP contribution in [0.25, 0.3) is 0 Å². The third-order valence-electron chi connectivity index (χ3n) is 1.38. The van der Waals surface area contributed by atoms with Crippen molar-refractivity contribution in [2.45, 2.75) is 5.75 Å². The summed E-state index contributed by atoms with van der Waals surface area (Å²) in [6.45, 7) is 0. The Kier molecular flexibility index (Phi) is 3.34. The second kappa shape index (κ2) is 4.00. The van der Waals surface area contributed by atoms with Crippen LogP contribution in [0.2, 0.25) is 10.3 Å². The van der Waals surface area contributed by atoms with Gasteiger partial charge in [0.2, 0.25) is 0 Å². The summed E-state index contributed by atoms with van der Waals surface area (Å²) in [6, 6.07) is 1.14. The highest BCUT2D eigenvalue weighted by Crippen LogP contribution is 2.21. The van der Waals surface area contributed by atoms with Gasteiger partial charge < -0.3 is 0 Å². The number of aromatic nitrogens is 1. The van der Waals surface area contributed by atoms with Crippen LogP contribution in [0.15, 0.2) is 6.07 Å². The van der Waals surface area contributed by atoms with Crippen molar-refractivity contribution in [1.82, 2.24) is 4.98 Å². The monoisotopic (exact) mass is 257 g/mol. The second-order valence-corrected chi connectivity index (χ2v) is 5.66. The molecule has 0 N–H and O–H groups in total. The highest BCUT2D eigenvalue weighted by molar-refractivity contribution is 7.89. The fourth-order valence-corrected chi connectivity index (χ4v) is 2.15. The van der Waals surface area contributed by atoms with Crippen LogP contribution >= 0.6 is 23.2 Å². The highest BCUT2D eigenvalue weighted by Gasteiger charge is 2.14. The van der Waals surface area contributed by atoms with Gasteiger partial charge in [-0.2, -0.15) is 0 Å². The van der Waals surface area contributed by atoms with Gasteiger partial charge in [0.1, 0.15) is 5.15 Å². The van der Waals surface area contributed by atoms with E-state index in [0.717, 1.165) is 12.3 Å². The lowest BCUT2D eigenvalue weighted by Gasteiger charge is -2.03. The van der Waals surface area contributed by atoms with E-state index < -0.39 is 26.6 Å². The fourth-order valence-electron chi connectivity index (χ4n) is 0.902. The quantitative estimate of drug-likeness (QED) is 0.763. The number of pyridine rings is 1. The van der Waals surface area contributed by atoms with Crippen LogP contribution < -0.4 is 0 Å². The number of rotatable bonds is 2. The van der Waals surface area contributed by atoms with E-state index in [9.17, 15) is 12.8 Å². The lowest BCUT2D eigenvalue weighted by atomic mass is 10.3. The summed E-state index contributed by atoms with van der Waals surface area (Å²) in [5.74, 6) is -1.29. The van der Waals surface area contributed by atoms with Crippen molar-refractivity contribution in [3.05, 3.63) is 27.8 Å². The predicted octanol–water partition coefficient (Wildman–Crippen LogP) is 2.07. The fraction of sp³-hybridized carbons (Fsp3) is 0.286. The van der Waals surface area contributed by atoms with Crippen LogP contribution in [0.4, 0.5) is 4.39 Å². The molecule has 0 amide bonds. The minimum Gasteiger partial charge on any atom is -0.229 e. The first-order chi connectivity index (χ1) is 6.29. The summed E-state index contributed by atoms with van der Waals surface area (Å²) in [5, 5.41) is -0.453. The van der Waals surface area contributed by atoms with Crippen molar-refractivity contribution < 1.29 is 12.8 Å². The van der Waals surface area contributed by atoms with Gasteiger partial charge in [-0.3, -0.25) is 0 Å². The first kappa shape index (κ1) is 11.7. The van der Waals surface area contributed by atoms with E-state index in [1.807, 2.05) is 0 Å². The molecule has 0 aromatic carbocycles. The van der Waals surface area contributed by atoms with Crippen molar-refractivity contribution >= 4 is 33.0 Å². The van der Waals surface area contributed by atoms with E-state index in [1.165, 1.54) is 0 Å². The Bertz CT molecular complexity index is 461. The number of halogens is 3. The lowest BCUT2D eigenvalue weighted by molar-refractivity contribution is 0.590. The highest BCUT2D eigenvalue weighted by atomic mass is 35.5. The van der Waals surface area contributed by atoms with Crippen molar-refractivity contribution in [3.8, 4) is 0 Å². The van der Waals surface area contributed by atoms with Gasteiger partial charge in [0, 0.05) is 11.8 Å². The average molecular weight is 258 g/mol. The van der Waals surface area contributed by atoms with Crippen molar-refractivity contribution in [1.29, 1.82) is 0 Å². The van der Waals surface area contributed by atoms with Gasteiger partial charge in [0.25, 0.3) is 0 Å². The molecule has 1 aromatic rings. The van der Waals surface area contributed by atoms with E-state index in [-0.39, 0.29) is 10.7 Å². The zero-order valence-corrected chi connectivity index (χ0v) is 9.42. The third kappa shape index (κ3) is 3.08. The molecular formula is C7H6Cl2FNO2S.